The molecule has 0 aliphatic heterocycles. The zero-order chi connectivity index (χ0) is 38.1. The van der Waals surface area contributed by atoms with Gasteiger partial charge in [-0.05, 0) is 77.8 Å². The summed E-state index contributed by atoms with van der Waals surface area (Å²) in [6.45, 7) is 10.5. The predicted octanol–water partition coefficient (Wildman–Crippen LogP) is 11.3. The van der Waals surface area contributed by atoms with Gasteiger partial charge >= 0.3 is 12.4 Å². The van der Waals surface area contributed by atoms with Gasteiger partial charge in [-0.3, -0.25) is 4.99 Å². The highest BCUT2D eigenvalue weighted by Gasteiger charge is 2.45. The van der Waals surface area contributed by atoms with Gasteiger partial charge in [0.25, 0.3) is 0 Å². The van der Waals surface area contributed by atoms with Crippen LogP contribution in [0.3, 0.4) is 0 Å². The number of nitrogens with zero attached hydrogens (tertiary/aromatic N) is 2. The van der Waals surface area contributed by atoms with Crippen molar-refractivity contribution < 1.29 is 26.3 Å². The van der Waals surface area contributed by atoms with Gasteiger partial charge in [0.15, 0.2) is 5.17 Å². The quantitative estimate of drug-likeness (QED) is 0.0737. The average molecular weight is 737 g/mol. The first-order valence-electron chi connectivity index (χ1n) is 16.6. The Labute approximate surface area is 305 Å². The molecule has 1 aliphatic rings. The van der Waals surface area contributed by atoms with E-state index in [1.807, 2.05) is 79.7 Å². The van der Waals surface area contributed by atoms with Crippen molar-refractivity contribution in [1.82, 2.24) is 5.32 Å². The van der Waals surface area contributed by atoms with Crippen LogP contribution in [0.5, 0.6) is 0 Å². The molecule has 0 fully saturated rings. The van der Waals surface area contributed by atoms with Crippen LogP contribution in [0.15, 0.2) is 126 Å². The minimum absolute atomic E-state index is 0.379. The van der Waals surface area contributed by atoms with Crippen molar-refractivity contribution >= 4 is 28.3 Å². The molecule has 0 saturated carbocycles. The molecule has 0 unspecified atom stereocenters. The zero-order valence-electron chi connectivity index (χ0n) is 29.3. The SMILES string of the molecule is C=C(C)c1ccccc1-c1ccc(C(F)(F)F)cc1.C=C(NCC(F)(F)F)C1(CCCCSC(=NC)/N=C(\C)N)c2ccccc2-c2ccccc21. The Morgan fingerprint density at radius 2 is 1.31 bits per heavy atom. The number of fused-ring (bicyclic) bond motifs is 3. The lowest BCUT2D eigenvalue weighted by Crippen LogP contribution is -2.39. The van der Waals surface area contributed by atoms with Crippen molar-refractivity contribution in [2.24, 2.45) is 15.7 Å². The van der Waals surface area contributed by atoms with E-state index in [1.54, 1.807) is 14.0 Å². The second-order valence-electron chi connectivity index (χ2n) is 12.4. The Hall–Kier alpha value is -4.77. The fraction of sp³-hybridized carbons (Fsp3) is 0.268. The predicted molar refractivity (Wildman–Crippen MR) is 204 cm³/mol. The summed E-state index contributed by atoms with van der Waals surface area (Å²) in [6, 6.07) is 28.6. The van der Waals surface area contributed by atoms with Gasteiger partial charge in [0, 0.05) is 18.5 Å². The van der Waals surface area contributed by atoms with Crippen LogP contribution < -0.4 is 11.1 Å². The van der Waals surface area contributed by atoms with Crippen molar-refractivity contribution in [1.29, 1.82) is 0 Å². The van der Waals surface area contributed by atoms with E-state index in [0.29, 0.717) is 23.1 Å². The van der Waals surface area contributed by atoms with E-state index in [0.717, 1.165) is 75.2 Å². The normalized spacial score (nSPS) is 13.8. The molecular weight excluding hydrogens is 695 g/mol. The molecule has 3 N–H and O–H groups in total. The van der Waals surface area contributed by atoms with Crippen LogP contribution in [0.25, 0.3) is 27.8 Å². The highest BCUT2D eigenvalue weighted by atomic mass is 32.2. The maximum atomic E-state index is 13.0. The van der Waals surface area contributed by atoms with Crippen LogP contribution in [0.1, 0.15) is 55.4 Å². The maximum absolute atomic E-state index is 13.0. The van der Waals surface area contributed by atoms with Crippen LogP contribution in [0.4, 0.5) is 26.3 Å². The third kappa shape index (κ3) is 9.76. The van der Waals surface area contributed by atoms with Gasteiger partial charge in [-0.1, -0.05) is 122 Å². The van der Waals surface area contributed by atoms with E-state index in [4.69, 9.17) is 5.73 Å². The third-order valence-corrected chi connectivity index (χ3v) is 9.66. The highest BCUT2D eigenvalue weighted by molar-refractivity contribution is 8.13. The fourth-order valence-corrected chi connectivity index (χ4v) is 7.20. The molecule has 4 aromatic rings. The lowest BCUT2D eigenvalue weighted by molar-refractivity contribution is -0.137. The first-order valence-corrected chi connectivity index (χ1v) is 17.6. The first-order chi connectivity index (χ1) is 24.6. The molecule has 0 radical (unpaired) electrons. The Bertz CT molecular complexity index is 1880. The average Bonchev–Trinajstić information content (AvgIpc) is 3.40. The standard InChI is InChI=1S/C25H29F3N4S.C16H13F3/c1-17(31-16-25(26,27)28)24(14-8-9-15-33-23(30-3)32-18(2)29)21-12-6-4-10-19(21)20-11-5-7-13-22(20)24;1-11(2)14-5-3-4-6-15(14)12-7-9-13(10-8-12)16(17,18)19/h4-7,10-13,31H,1,8-9,14-16H2,2-3H3,(H2,29,30,32);3-10H,1H2,2H3. The minimum Gasteiger partial charge on any atom is -0.387 e. The summed E-state index contributed by atoms with van der Waals surface area (Å²) < 4.78 is 76.6. The Morgan fingerprint density at radius 3 is 1.81 bits per heavy atom. The summed E-state index contributed by atoms with van der Waals surface area (Å²) in [7, 11) is 1.67. The summed E-state index contributed by atoms with van der Waals surface area (Å²) in [5.74, 6) is 1.24. The summed E-state index contributed by atoms with van der Waals surface area (Å²) in [6.07, 6.45) is -6.34. The van der Waals surface area contributed by atoms with Gasteiger partial charge in [-0.15, -0.1) is 0 Å². The third-order valence-electron chi connectivity index (χ3n) is 8.63. The van der Waals surface area contributed by atoms with Crippen molar-refractivity contribution in [2.45, 2.75) is 50.9 Å². The van der Waals surface area contributed by atoms with Gasteiger partial charge in [-0.2, -0.15) is 26.3 Å². The molecule has 0 spiro atoms. The number of halogens is 6. The van der Waals surface area contributed by atoms with Gasteiger partial charge in [0.2, 0.25) is 0 Å². The Morgan fingerprint density at radius 1 is 0.769 bits per heavy atom. The number of benzene rings is 4. The van der Waals surface area contributed by atoms with Crippen LogP contribution in [0, 0.1) is 0 Å². The molecule has 0 amide bonds. The number of hydrogen-bond donors (Lipinski definition) is 2. The maximum Gasteiger partial charge on any atom is 0.416 e. The second-order valence-corrected chi connectivity index (χ2v) is 13.5. The molecule has 52 heavy (non-hydrogen) atoms. The number of unbranched alkanes of at least 4 members (excludes halogenated alkanes) is 1. The minimum atomic E-state index is -4.32. The largest absolute Gasteiger partial charge is 0.416 e. The van der Waals surface area contributed by atoms with Gasteiger partial charge < -0.3 is 11.1 Å². The van der Waals surface area contributed by atoms with Crippen molar-refractivity contribution in [2.75, 3.05) is 19.3 Å². The smallest absolute Gasteiger partial charge is 0.387 e. The number of rotatable bonds is 10. The molecule has 0 heterocycles. The van der Waals surface area contributed by atoms with Gasteiger partial charge in [-0.25, -0.2) is 4.99 Å². The van der Waals surface area contributed by atoms with Gasteiger partial charge in [0.05, 0.1) is 16.8 Å². The van der Waals surface area contributed by atoms with E-state index >= 15 is 0 Å². The zero-order valence-corrected chi connectivity index (χ0v) is 30.2. The van der Waals surface area contributed by atoms with Crippen molar-refractivity contribution in [3.05, 3.63) is 138 Å². The molecule has 0 saturated heterocycles. The molecular formula is C41H42F6N4S. The van der Waals surface area contributed by atoms with Crippen LogP contribution in [0.2, 0.25) is 0 Å². The Kier molecular flexibility index (Phi) is 13.2. The van der Waals surface area contributed by atoms with Crippen LogP contribution >= 0.6 is 11.8 Å². The molecule has 0 atom stereocenters. The fourth-order valence-electron chi connectivity index (χ4n) is 6.33. The summed E-state index contributed by atoms with van der Waals surface area (Å²) >= 11 is 1.52. The second kappa shape index (κ2) is 17.2. The molecule has 11 heteroatoms. The lowest BCUT2D eigenvalue weighted by Gasteiger charge is -2.35. The number of nitrogens with one attached hydrogen (secondary N) is 1. The number of alkyl halides is 6. The molecule has 0 bridgehead atoms. The molecule has 1 aliphatic carbocycles. The number of thioether (sulfide) groups is 1. The number of aliphatic imine (C=N–C) groups is 2. The topological polar surface area (TPSA) is 62.8 Å². The number of amidine groups is 2. The van der Waals surface area contributed by atoms with Crippen LogP contribution in [-0.2, 0) is 11.6 Å². The molecule has 5 rings (SSSR count). The van der Waals surface area contributed by atoms with E-state index in [2.05, 4.69) is 28.5 Å². The highest BCUT2D eigenvalue weighted by Crippen LogP contribution is 2.54. The molecule has 0 aromatic heterocycles. The first kappa shape index (κ1) is 40.0. The van der Waals surface area contributed by atoms with E-state index in [9.17, 15) is 26.3 Å². The van der Waals surface area contributed by atoms with Crippen LogP contribution in [-0.4, -0.2) is 36.5 Å². The van der Waals surface area contributed by atoms with Crippen molar-refractivity contribution in [3.63, 3.8) is 0 Å². The van der Waals surface area contributed by atoms with E-state index < -0.39 is 29.9 Å². The monoisotopic (exact) mass is 736 g/mol. The molecule has 4 aromatic carbocycles. The number of nitrogens with two attached hydrogens (primary N) is 1. The number of hydrogen-bond acceptors (Lipinski definition) is 3. The summed E-state index contributed by atoms with van der Waals surface area (Å²) in [5.41, 5.74) is 12.2. The summed E-state index contributed by atoms with van der Waals surface area (Å²) in [4.78, 5) is 8.33. The van der Waals surface area contributed by atoms with E-state index in [-0.39, 0.29) is 0 Å². The summed E-state index contributed by atoms with van der Waals surface area (Å²) in [5, 5.41) is 3.22. The number of allylic oxidation sites excluding steroid dienone is 2. The lowest BCUT2D eigenvalue weighted by atomic mass is 9.72. The van der Waals surface area contributed by atoms with Crippen molar-refractivity contribution in [3.8, 4) is 22.3 Å². The van der Waals surface area contributed by atoms with Gasteiger partial charge in [0.1, 0.15) is 6.54 Å². The van der Waals surface area contributed by atoms with E-state index in [1.165, 1.54) is 23.9 Å². The molecule has 4 nitrogen and oxygen atoms in total. The Balaban J connectivity index is 0.000000269. The molecule has 274 valence electrons.